The van der Waals surface area contributed by atoms with Gasteiger partial charge in [0.05, 0.1) is 7.11 Å². The average molecular weight is 332 g/mol. The predicted molar refractivity (Wildman–Crippen MR) is 89.0 cm³/mol. The van der Waals surface area contributed by atoms with Crippen LogP contribution >= 0.6 is 0 Å². The summed E-state index contributed by atoms with van der Waals surface area (Å²) in [6, 6.07) is 7.89. The first-order valence-electron chi connectivity index (χ1n) is 8.21. The Labute approximate surface area is 142 Å². The van der Waals surface area contributed by atoms with E-state index in [4.69, 9.17) is 4.74 Å². The molecular formula is C18H24N2O4. The SMILES string of the molecule is COC(=O)[C@H](Cc1ccccc1)NC(=O)[C@H](C)NC(=O)CC1CC1. The molecule has 1 aliphatic carbocycles. The fourth-order valence-electron chi connectivity index (χ4n) is 2.43. The quantitative estimate of drug-likeness (QED) is 0.701. The number of benzene rings is 1. The smallest absolute Gasteiger partial charge is 0.328 e. The van der Waals surface area contributed by atoms with E-state index in [1.165, 1.54) is 7.11 Å². The molecule has 2 rings (SSSR count). The van der Waals surface area contributed by atoms with Gasteiger partial charge >= 0.3 is 5.97 Å². The van der Waals surface area contributed by atoms with E-state index in [1.807, 2.05) is 30.3 Å². The Bertz CT molecular complexity index is 584. The lowest BCUT2D eigenvalue weighted by atomic mass is 10.1. The molecule has 6 nitrogen and oxygen atoms in total. The molecule has 2 amide bonds. The van der Waals surface area contributed by atoms with Crippen LogP contribution in [-0.2, 0) is 25.5 Å². The molecule has 1 aliphatic rings. The van der Waals surface area contributed by atoms with Gasteiger partial charge in [-0.15, -0.1) is 0 Å². The topological polar surface area (TPSA) is 84.5 Å². The van der Waals surface area contributed by atoms with E-state index in [-0.39, 0.29) is 5.91 Å². The largest absolute Gasteiger partial charge is 0.467 e. The summed E-state index contributed by atoms with van der Waals surface area (Å²) in [4.78, 5) is 36.0. The van der Waals surface area contributed by atoms with E-state index in [0.29, 0.717) is 18.8 Å². The Morgan fingerprint density at radius 1 is 1.17 bits per heavy atom. The van der Waals surface area contributed by atoms with Crippen molar-refractivity contribution in [3.8, 4) is 0 Å². The second-order valence-electron chi connectivity index (χ2n) is 6.21. The van der Waals surface area contributed by atoms with Gasteiger partial charge in [-0.3, -0.25) is 9.59 Å². The normalized spacial score (nSPS) is 15.9. The van der Waals surface area contributed by atoms with Crippen molar-refractivity contribution < 1.29 is 19.1 Å². The number of esters is 1. The molecule has 2 atom stereocenters. The number of nitrogens with one attached hydrogen (secondary N) is 2. The molecule has 24 heavy (non-hydrogen) atoms. The van der Waals surface area contributed by atoms with Crippen molar-refractivity contribution in [2.24, 2.45) is 5.92 Å². The number of amides is 2. The summed E-state index contributed by atoms with van der Waals surface area (Å²) >= 11 is 0. The summed E-state index contributed by atoms with van der Waals surface area (Å²) in [6.07, 6.45) is 2.95. The lowest BCUT2D eigenvalue weighted by Gasteiger charge is -2.20. The molecule has 0 saturated heterocycles. The Morgan fingerprint density at radius 3 is 2.42 bits per heavy atom. The van der Waals surface area contributed by atoms with Crippen LogP contribution in [0.5, 0.6) is 0 Å². The highest BCUT2D eigenvalue weighted by molar-refractivity contribution is 5.90. The van der Waals surface area contributed by atoms with Crippen LogP contribution in [0.3, 0.4) is 0 Å². The Hall–Kier alpha value is -2.37. The number of carbonyl (C=O) groups excluding carboxylic acids is 3. The maximum atomic E-state index is 12.3. The number of hydrogen-bond donors (Lipinski definition) is 2. The van der Waals surface area contributed by atoms with Crippen LogP contribution < -0.4 is 10.6 Å². The highest BCUT2D eigenvalue weighted by atomic mass is 16.5. The monoisotopic (exact) mass is 332 g/mol. The molecule has 0 radical (unpaired) electrons. The van der Waals surface area contributed by atoms with Crippen LogP contribution in [0, 0.1) is 5.92 Å². The van der Waals surface area contributed by atoms with Crippen LogP contribution in [0.4, 0.5) is 0 Å². The van der Waals surface area contributed by atoms with Crippen LogP contribution in [0.2, 0.25) is 0 Å². The Kier molecular flexibility index (Phi) is 6.35. The van der Waals surface area contributed by atoms with Crippen LogP contribution in [0.25, 0.3) is 0 Å². The van der Waals surface area contributed by atoms with Crippen molar-refractivity contribution in [1.82, 2.24) is 10.6 Å². The zero-order valence-corrected chi connectivity index (χ0v) is 14.1. The lowest BCUT2D eigenvalue weighted by Crippen LogP contribution is -2.51. The van der Waals surface area contributed by atoms with Gasteiger partial charge in [-0.2, -0.15) is 0 Å². The molecule has 1 fully saturated rings. The maximum absolute atomic E-state index is 12.3. The summed E-state index contributed by atoms with van der Waals surface area (Å²) in [5.74, 6) is -0.576. The van der Waals surface area contributed by atoms with Crippen molar-refractivity contribution in [2.75, 3.05) is 7.11 Å². The third-order valence-electron chi connectivity index (χ3n) is 4.03. The Balaban J connectivity index is 1.90. The standard InChI is InChI=1S/C18H24N2O4/c1-12(19-16(21)11-14-8-9-14)17(22)20-15(18(23)24-2)10-13-6-4-3-5-7-13/h3-7,12,14-15H,8-11H2,1-2H3,(H,19,21)(H,20,22)/t12-,15-/m0/s1. The lowest BCUT2D eigenvalue weighted by molar-refractivity contribution is -0.145. The van der Waals surface area contributed by atoms with Crippen LogP contribution in [0.15, 0.2) is 30.3 Å². The molecule has 1 saturated carbocycles. The van der Waals surface area contributed by atoms with Gasteiger partial charge in [0.25, 0.3) is 0 Å². The molecule has 130 valence electrons. The van der Waals surface area contributed by atoms with E-state index in [0.717, 1.165) is 18.4 Å². The van der Waals surface area contributed by atoms with Gasteiger partial charge in [0.2, 0.25) is 11.8 Å². The number of carbonyl (C=O) groups is 3. The summed E-state index contributed by atoms with van der Waals surface area (Å²) < 4.78 is 4.77. The van der Waals surface area contributed by atoms with Gasteiger partial charge in [-0.1, -0.05) is 30.3 Å². The molecule has 0 unspecified atom stereocenters. The van der Waals surface area contributed by atoms with Gasteiger partial charge in [0, 0.05) is 12.8 Å². The van der Waals surface area contributed by atoms with Crippen molar-refractivity contribution in [3.63, 3.8) is 0 Å². The van der Waals surface area contributed by atoms with Crippen molar-refractivity contribution in [3.05, 3.63) is 35.9 Å². The van der Waals surface area contributed by atoms with E-state index in [9.17, 15) is 14.4 Å². The minimum atomic E-state index is -0.785. The molecule has 1 aromatic carbocycles. The second-order valence-corrected chi connectivity index (χ2v) is 6.21. The fraction of sp³-hybridized carbons (Fsp3) is 0.500. The average Bonchev–Trinajstić information content (AvgIpc) is 3.38. The molecule has 0 aromatic heterocycles. The van der Waals surface area contributed by atoms with E-state index >= 15 is 0 Å². The van der Waals surface area contributed by atoms with Crippen LogP contribution in [-0.4, -0.2) is 37.0 Å². The highest BCUT2D eigenvalue weighted by Crippen LogP contribution is 2.32. The minimum Gasteiger partial charge on any atom is -0.467 e. The number of hydrogen-bond acceptors (Lipinski definition) is 4. The third-order valence-corrected chi connectivity index (χ3v) is 4.03. The highest BCUT2D eigenvalue weighted by Gasteiger charge is 2.28. The molecule has 0 aliphatic heterocycles. The number of methoxy groups -OCH3 is 1. The summed E-state index contributed by atoms with van der Waals surface area (Å²) in [7, 11) is 1.29. The third kappa shape index (κ3) is 5.68. The van der Waals surface area contributed by atoms with Gasteiger partial charge in [-0.25, -0.2) is 4.79 Å². The molecule has 6 heteroatoms. The second kappa shape index (κ2) is 8.47. The molecule has 2 N–H and O–H groups in total. The molecular weight excluding hydrogens is 308 g/mol. The first-order chi connectivity index (χ1) is 11.5. The summed E-state index contributed by atoms with van der Waals surface area (Å²) in [5, 5.41) is 5.34. The number of rotatable bonds is 8. The molecule has 1 aromatic rings. The zero-order chi connectivity index (χ0) is 17.5. The molecule has 0 bridgehead atoms. The van der Waals surface area contributed by atoms with Crippen molar-refractivity contribution >= 4 is 17.8 Å². The van der Waals surface area contributed by atoms with Gasteiger partial charge in [-0.05, 0) is 31.2 Å². The van der Waals surface area contributed by atoms with E-state index in [1.54, 1.807) is 6.92 Å². The maximum Gasteiger partial charge on any atom is 0.328 e. The summed E-state index contributed by atoms with van der Waals surface area (Å²) in [5.41, 5.74) is 0.915. The van der Waals surface area contributed by atoms with Crippen molar-refractivity contribution in [1.29, 1.82) is 0 Å². The van der Waals surface area contributed by atoms with E-state index < -0.39 is 24.0 Å². The molecule has 0 spiro atoms. The van der Waals surface area contributed by atoms with Crippen LogP contribution in [0.1, 0.15) is 31.7 Å². The first kappa shape index (κ1) is 18.0. The zero-order valence-electron chi connectivity index (χ0n) is 14.1. The minimum absolute atomic E-state index is 0.127. The van der Waals surface area contributed by atoms with Gasteiger partial charge in [0.15, 0.2) is 0 Å². The first-order valence-corrected chi connectivity index (χ1v) is 8.21. The van der Waals surface area contributed by atoms with E-state index in [2.05, 4.69) is 10.6 Å². The predicted octanol–water partition coefficient (Wildman–Crippen LogP) is 1.19. The van der Waals surface area contributed by atoms with Gasteiger partial charge in [0.1, 0.15) is 12.1 Å². The summed E-state index contributed by atoms with van der Waals surface area (Å²) in [6.45, 7) is 1.61. The number of ether oxygens (including phenoxy) is 1. The fourth-order valence-corrected chi connectivity index (χ4v) is 2.43. The Morgan fingerprint density at radius 2 is 1.83 bits per heavy atom. The van der Waals surface area contributed by atoms with Crippen molar-refractivity contribution in [2.45, 2.75) is 44.7 Å². The van der Waals surface area contributed by atoms with Gasteiger partial charge < -0.3 is 15.4 Å². The molecule has 0 heterocycles.